The van der Waals surface area contributed by atoms with Crippen LogP contribution in [-0.2, 0) is 5.41 Å². The maximum atomic E-state index is 12.5. The van der Waals surface area contributed by atoms with Gasteiger partial charge in [0, 0.05) is 17.8 Å². The van der Waals surface area contributed by atoms with Crippen LogP contribution in [0.25, 0.3) is 0 Å². The standard InChI is InChI=1S/C18H24N4O/c1-12(2)21-16-10-15(19-11-20-16)17(23)22-14-9-7-6-8-13(14)18(3,4)5/h6-12H,1-5H3,(H,22,23)(H,19,20,21). The fourth-order valence-electron chi connectivity index (χ4n) is 2.29. The maximum absolute atomic E-state index is 12.5. The van der Waals surface area contributed by atoms with Crippen LogP contribution in [0.15, 0.2) is 36.7 Å². The Bertz CT molecular complexity index is 689. The second-order valence-electron chi connectivity index (χ2n) is 6.84. The van der Waals surface area contributed by atoms with Gasteiger partial charge in [-0.1, -0.05) is 39.0 Å². The molecule has 5 heteroatoms. The van der Waals surface area contributed by atoms with Crippen molar-refractivity contribution >= 4 is 17.4 Å². The molecule has 0 radical (unpaired) electrons. The summed E-state index contributed by atoms with van der Waals surface area (Å²) in [5.41, 5.74) is 2.18. The highest BCUT2D eigenvalue weighted by atomic mass is 16.1. The Labute approximate surface area is 137 Å². The first-order chi connectivity index (χ1) is 10.8. The number of carbonyl (C=O) groups excluding carboxylic acids is 1. The normalized spacial score (nSPS) is 11.4. The summed E-state index contributed by atoms with van der Waals surface area (Å²) in [7, 11) is 0. The molecule has 1 heterocycles. The molecule has 0 saturated carbocycles. The van der Waals surface area contributed by atoms with Crippen LogP contribution in [0.2, 0.25) is 0 Å². The predicted molar refractivity (Wildman–Crippen MR) is 93.9 cm³/mol. The van der Waals surface area contributed by atoms with Crippen LogP contribution in [0.3, 0.4) is 0 Å². The molecular formula is C18H24N4O. The molecule has 0 atom stereocenters. The van der Waals surface area contributed by atoms with Gasteiger partial charge < -0.3 is 10.6 Å². The Morgan fingerprint density at radius 1 is 1.13 bits per heavy atom. The Balaban J connectivity index is 2.23. The second-order valence-corrected chi connectivity index (χ2v) is 6.84. The number of hydrogen-bond donors (Lipinski definition) is 2. The Kier molecular flexibility index (Phi) is 4.98. The minimum atomic E-state index is -0.240. The van der Waals surface area contributed by atoms with Crippen LogP contribution < -0.4 is 10.6 Å². The van der Waals surface area contributed by atoms with E-state index in [0.29, 0.717) is 11.5 Å². The van der Waals surface area contributed by atoms with Crippen molar-refractivity contribution in [2.45, 2.75) is 46.1 Å². The van der Waals surface area contributed by atoms with E-state index in [2.05, 4.69) is 41.4 Å². The summed E-state index contributed by atoms with van der Waals surface area (Å²) in [6.07, 6.45) is 1.40. The molecule has 0 aliphatic heterocycles. The van der Waals surface area contributed by atoms with E-state index in [1.807, 2.05) is 38.1 Å². The summed E-state index contributed by atoms with van der Waals surface area (Å²) in [4.78, 5) is 20.7. The van der Waals surface area contributed by atoms with Crippen LogP contribution in [-0.4, -0.2) is 21.9 Å². The third kappa shape index (κ3) is 4.52. The third-order valence-electron chi connectivity index (χ3n) is 3.32. The summed E-state index contributed by atoms with van der Waals surface area (Å²) >= 11 is 0. The molecule has 1 amide bonds. The van der Waals surface area contributed by atoms with Crippen LogP contribution in [0.5, 0.6) is 0 Å². The Morgan fingerprint density at radius 3 is 2.48 bits per heavy atom. The van der Waals surface area contributed by atoms with Gasteiger partial charge in [-0.15, -0.1) is 0 Å². The average Bonchev–Trinajstić information content (AvgIpc) is 2.46. The average molecular weight is 312 g/mol. The van der Waals surface area contributed by atoms with E-state index >= 15 is 0 Å². The molecule has 5 nitrogen and oxygen atoms in total. The van der Waals surface area contributed by atoms with Crippen molar-refractivity contribution in [1.82, 2.24) is 9.97 Å². The zero-order valence-electron chi connectivity index (χ0n) is 14.3. The van der Waals surface area contributed by atoms with E-state index in [1.54, 1.807) is 6.07 Å². The minimum Gasteiger partial charge on any atom is -0.368 e. The molecule has 23 heavy (non-hydrogen) atoms. The summed E-state index contributed by atoms with van der Waals surface area (Å²) in [5.74, 6) is 0.403. The van der Waals surface area contributed by atoms with Gasteiger partial charge in [-0.2, -0.15) is 0 Å². The molecule has 2 N–H and O–H groups in total. The number of rotatable bonds is 4. The van der Waals surface area contributed by atoms with Gasteiger partial charge in [-0.05, 0) is 30.9 Å². The second kappa shape index (κ2) is 6.77. The van der Waals surface area contributed by atoms with Crippen LogP contribution >= 0.6 is 0 Å². The minimum absolute atomic E-state index is 0.0557. The fourth-order valence-corrected chi connectivity index (χ4v) is 2.29. The molecule has 0 bridgehead atoms. The molecular weight excluding hydrogens is 288 g/mol. The molecule has 0 unspecified atom stereocenters. The highest BCUT2D eigenvalue weighted by molar-refractivity contribution is 6.03. The molecule has 0 fully saturated rings. The number of carbonyl (C=O) groups is 1. The van der Waals surface area contributed by atoms with E-state index in [4.69, 9.17) is 0 Å². The van der Waals surface area contributed by atoms with E-state index in [1.165, 1.54) is 6.33 Å². The van der Waals surface area contributed by atoms with Crippen molar-refractivity contribution in [3.63, 3.8) is 0 Å². The number of aromatic nitrogens is 2. The van der Waals surface area contributed by atoms with Gasteiger partial charge in [-0.3, -0.25) is 4.79 Å². The zero-order chi connectivity index (χ0) is 17.0. The van der Waals surface area contributed by atoms with Gasteiger partial charge >= 0.3 is 0 Å². The summed E-state index contributed by atoms with van der Waals surface area (Å²) in [6, 6.07) is 9.73. The molecule has 0 aliphatic rings. The van der Waals surface area contributed by atoms with Gasteiger partial charge in [-0.25, -0.2) is 9.97 Å². The van der Waals surface area contributed by atoms with Crippen molar-refractivity contribution in [3.8, 4) is 0 Å². The molecule has 0 aliphatic carbocycles. The zero-order valence-corrected chi connectivity index (χ0v) is 14.3. The fraction of sp³-hybridized carbons (Fsp3) is 0.389. The predicted octanol–water partition coefficient (Wildman–Crippen LogP) is 3.85. The van der Waals surface area contributed by atoms with Crippen LogP contribution in [0.1, 0.15) is 50.7 Å². The largest absolute Gasteiger partial charge is 0.368 e. The lowest BCUT2D eigenvalue weighted by atomic mass is 9.86. The van der Waals surface area contributed by atoms with Crippen molar-refractivity contribution in [2.24, 2.45) is 0 Å². The smallest absolute Gasteiger partial charge is 0.274 e. The highest BCUT2D eigenvalue weighted by Crippen LogP contribution is 2.29. The first-order valence-electron chi connectivity index (χ1n) is 7.77. The number of nitrogens with one attached hydrogen (secondary N) is 2. The Hall–Kier alpha value is -2.43. The first-order valence-corrected chi connectivity index (χ1v) is 7.77. The van der Waals surface area contributed by atoms with Crippen molar-refractivity contribution in [3.05, 3.63) is 47.9 Å². The van der Waals surface area contributed by atoms with E-state index in [0.717, 1.165) is 11.3 Å². The van der Waals surface area contributed by atoms with E-state index < -0.39 is 0 Å². The monoisotopic (exact) mass is 312 g/mol. The molecule has 0 spiro atoms. The number of para-hydroxylation sites is 1. The molecule has 2 aromatic rings. The number of hydrogen-bond acceptors (Lipinski definition) is 4. The topological polar surface area (TPSA) is 66.9 Å². The van der Waals surface area contributed by atoms with Crippen LogP contribution in [0, 0.1) is 0 Å². The van der Waals surface area contributed by atoms with Crippen molar-refractivity contribution < 1.29 is 4.79 Å². The number of anilines is 2. The van der Waals surface area contributed by atoms with Crippen molar-refractivity contribution in [2.75, 3.05) is 10.6 Å². The number of amides is 1. The lowest BCUT2D eigenvalue weighted by molar-refractivity contribution is 0.102. The molecule has 1 aromatic heterocycles. The highest BCUT2D eigenvalue weighted by Gasteiger charge is 2.19. The Morgan fingerprint density at radius 2 is 1.83 bits per heavy atom. The first kappa shape index (κ1) is 16.9. The van der Waals surface area contributed by atoms with Gasteiger partial charge in [0.25, 0.3) is 5.91 Å². The molecule has 1 aromatic carbocycles. The number of benzene rings is 1. The molecule has 0 saturated heterocycles. The quantitative estimate of drug-likeness (QED) is 0.900. The maximum Gasteiger partial charge on any atom is 0.274 e. The van der Waals surface area contributed by atoms with Crippen molar-refractivity contribution in [1.29, 1.82) is 0 Å². The van der Waals surface area contributed by atoms with E-state index in [9.17, 15) is 4.79 Å². The lowest BCUT2D eigenvalue weighted by Gasteiger charge is -2.22. The molecule has 122 valence electrons. The van der Waals surface area contributed by atoms with E-state index in [-0.39, 0.29) is 17.4 Å². The van der Waals surface area contributed by atoms with Gasteiger partial charge in [0.15, 0.2) is 0 Å². The number of nitrogens with zero attached hydrogens (tertiary/aromatic N) is 2. The lowest BCUT2D eigenvalue weighted by Crippen LogP contribution is -2.20. The SMILES string of the molecule is CC(C)Nc1cc(C(=O)Nc2ccccc2C(C)(C)C)ncn1. The summed E-state index contributed by atoms with van der Waals surface area (Å²) in [5, 5.41) is 6.13. The van der Waals surface area contributed by atoms with Gasteiger partial charge in [0.2, 0.25) is 0 Å². The van der Waals surface area contributed by atoms with Gasteiger partial charge in [0.1, 0.15) is 17.8 Å². The molecule has 2 rings (SSSR count). The van der Waals surface area contributed by atoms with Gasteiger partial charge in [0.05, 0.1) is 0 Å². The van der Waals surface area contributed by atoms with Crippen LogP contribution in [0.4, 0.5) is 11.5 Å². The summed E-state index contributed by atoms with van der Waals surface area (Å²) < 4.78 is 0. The summed E-state index contributed by atoms with van der Waals surface area (Å²) in [6.45, 7) is 10.4. The third-order valence-corrected chi connectivity index (χ3v) is 3.32.